The van der Waals surface area contributed by atoms with Crippen molar-refractivity contribution in [2.45, 2.75) is 37.7 Å². The number of fused-ring (bicyclic) bond motifs is 2. The topological polar surface area (TPSA) is 35.5 Å². The highest BCUT2D eigenvalue weighted by Crippen LogP contribution is 2.49. The van der Waals surface area contributed by atoms with E-state index in [-0.39, 0.29) is 18.2 Å². The standard InChI is InChI=1S/C17H20O3/c1-2-13-3-5-15(6-4-13)19-12-16(18)20-17-9-7-14(11-17)8-10-17/h2-6,14H,1,7-12H2. The zero-order chi connectivity index (χ0) is 14.0. The highest BCUT2D eigenvalue weighted by molar-refractivity contribution is 5.71. The summed E-state index contributed by atoms with van der Waals surface area (Å²) in [7, 11) is 0. The number of hydrogen-bond donors (Lipinski definition) is 0. The van der Waals surface area contributed by atoms with Gasteiger partial charge in [-0.05, 0) is 55.7 Å². The van der Waals surface area contributed by atoms with Crippen LogP contribution in [0.5, 0.6) is 5.75 Å². The molecule has 2 aliphatic carbocycles. The molecule has 2 aliphatic rings. The Balaban J connectivity index is 1.50. The molecule has 0 amide bonds. The molecule has 20 heavy (non-hydrogen) atoms. The molecule has 3 rings (SSSR count). The van der Waals surface area contributed by atoms with Crippen LogP contribution in [0.25, 0.3) is 6.08 Å². The molecule has 0 N–H and O–H groups in total. The molecule has 0 unspecified atom stereocenters. The molecule has 1 aromatic rings. The zero-order valence-corrected chi connectivity index (χ0v) is 11.6. The van der Waals surface area contributed by atoms with Gasteiger partial charge >= 0.3 is 5.97 Å². The summed E-state index contributed by atoms with van der Waals surface area (Å²) in [6.07, 6.45) is 7.28. The van der Waals surface area contributed by atoms with E-state index >= 15 is 0 Å². The van der Waals surface area contributed by atoms with E-state index in [1.165, 1.54) is 12.8 Å². The zero-order valence-electron chi connectivity index (χ0n) is 11.6. The maximum Gasteiger partial charge on any atom is 0.344 e. The van der Waals surface area contributed by atoms with Crippen molar-refractivity contribution < 1.29 is 14.3 Å². The molecular weight excluding hydrogens is 252 g/mol. The Morgan fingerprint density at radius 1 is 1.30 bits per heavy atom. The third kappa shape index (κ3) is 2.72. The van der Waals surface area contributed by atoms with E-state index in [1.54, 1.807) is 6.08 Å². The molecule has 0 saturated heterocycles. The lowest BCUT2D eigenvalue weighted by Crippen LogP contribution is -2.32. The summed E-state index contributed by atoms with van der Waals surface area (Å²) in [5.74, 6) is 1.20. The second-order valence-corrected chi connectivity index (χ2v) is 5.87. The Bertz CT molecular complexity index is 495. The Morgan fingerprint density at radius 3 is 2.55 bits per heavy atom. The quantitative estimate of drug-likeness (QED) is 0.768. The molecule has 106 valence electrons. The van der Waals surface area contributed by atoms with Crippen LogP contribution in [0.2, 0.25) is 0 Å². The normalized spacial score (nSPS) is 27.3. The van der Waals surface area contributed by atoms with Crippen molar-refractivity contribution in [1.29, 1.82) is 0 Å². The minimum Gasteiger partial charge on any atom is -0.482 e. The monoisotopic (exact) mass is 272 g/mol. The third-order valence-corrected chi connectivity index (χ3v) is 4.48. The van der Waals surface area contributed by atoms with Crippen LogP contribution in [0, 0.1) is 5.92 Å². The van der Waals surface area contributed by atoms with Gasteiger partial charge in [-0.2, -0.15) is 0 Å². The maximum atomic E-state index is 11.9. The van der Waals surface area contributed by atoms with E-state index < -0.39 is 0 Å². The van der Waals surface area contributed by atoms with Gasteiger partial charge in [-0.15, -0.1) is 0 Å². The van der Waals surface area contributed by atoms with Crippen molar-refractivity contribution in [3.63, 3.8) is 0 Å². The van der Waals surface area contributed by atoms with Gasteiger partial charge in [0.2, 0.25) is 0 Å². The van der Waals surface area contributed by atoms with Crippen molar-refractivity contribution >= 4 is 12.0 Å². The van der Waals surface area contributed by atoms with Crippen molar-refractivity contribution in [2.75, 3.05) is 6.61 Å². The molecule has 0 aromatic heterocycles. The fraction of sp³-hybridized carbons (Fsp3) is 0.471. The molecule has 3 heteroatoms. The lowest BCUT2D eigenvalue weighted by atomic mass is 9.97. The fourth-order valence-corrected chi connectivity index (χ4v) is 3.40. The third-order valence-electron chi connectivity index (χ3n) is 4.48. The summed E-state index contributed by atoms with van der Waals surface area (Å²) in [5, 5.41) is 0. The highest BCUT2D eigenvalue weighted by Gasteiger charge is 2.47. The van der Waals surface area contributed by atoms with Crippen LogP contribution in [0.15, 0.2) is 30.8 Å². The first-order valence-electron chi connectivity index (χ1n) is 7.26. The summed E-state index contributed by atoms with van der Waals surface area (Å²) in [4.78, 5) is 11.9. The smallest absolute Gasteiger partial charge is 0.344 e. The number of carbonyl (C=O) groups excluding carboxylic acids is 1. The van der Waals surface area contributed by atoms with Crippen molar-refractivity contribution in [2.24, 2.45) is 5.92 Å². The molecule has 0 aliphatic heterocycles. The summed E-state index contributed by atoms with van der Waals surface area (Å²) in [5.41, 5.74) is 0.861. The summed E-state index contributed by atoms with van der Waals surface area (Å²) >= 11 is 0. The number of rotatable bonds is 5. The van der Waals surface area contributed by atoms with Crippen LogP contribution >= 0.6 is 0 Å². The molecule has 0 heterocycles. The van der Waals surface area contributed by atoms with E-state index in [0.29, 0.717) is 5.75 Å². The van der Waals surface area contributed by atoms with Gasteiger partial charge in [-0.3, -0.25) is 0 Å². The van der Waals surface area contributed by atoms with E-state index in [2.05, 4.69) is 6.58 Å². The summed E-state index contributed by atoms with van der Waals surface area (Å²) in [6, 6.07) is 7.49. The van der Waals surface area contributed by atoms with Gasteiger partial charge in [0.15, 0.2) is 6.61 Å². The Kier molecular flexibility index (Phi) is 3.51. The Labute approximate surface area is 119 Å². The summed E-state index contributed by atoms with van der Waals surface area (Å²) < 4.78 is 11.1. The average molecular weight is 272 g/mol. The molecule has 2 fully saturated rings. The minimum absolute atomic E-state index is 0.0140. The van der Waals surface area contributed by atoms with Gasteiger partial charge < -0.3 is 9.47 Å². The fourth-order valence-electron chi connectivity index (χ4n) is 3.40. The number of carbonyl (C=O) groups is 1. The maximum absolute atomic E-state index is 11.9. The van der Waals surface area contributed by atoms with Gasteiger partial charge in [0.05, 0.1) is 0 Å². The second-order valence-electron chi connectivity index (χ2n) is 5.87. The van der Waals surface area contributed by atoms with Crippen molar-refractivity contribution in [3.05, 3.63) is 36.4 Å². The minimum atomic E-state index is -0.250. The molecule has 0 atom stereocenters. The Hall–Kier alpha value is -1.77. The van der Waals surface area contributed by atoms with Crippen LogP contribution < -0.4 is 4.74 Å². The van der Waals surface area contributed by atoms with Crippen LogP contribution in [-0.2, 0) is 9.53 Å². The molecule has 1 aromatic carbocycles. The number of hydrogen-bond acceptors (Lipinski definition) is 3. The SMILES string of the molecule is C=Cc1ccc(OCC(=O)OC23CCC(CC2)C3)cc1. The molecule has 2 saturated carbocycles. The number of benzene rings is 1. The molecule has 2 bridgehead atoms. The summed E-state index contributed by atoms with van der Waals surface area (Å²) in [6.45, 7) is 3.68. The lowest BCUT2D eigenvalue weighted by Gasteiger charge is -2.26. The van der Waals surface area contributed by atoms with E-state index in [0.717, 1.165) is 30.7 Å². The van der Waals surface area contributed by atoms with E-state index in [1.807, 2.05) is 24.3 Å². The van der Waals surface area contributed by atoms with Gasteiger partial charge in [-0.25, -0.2) is 4.79 Å². The molecule has 3 nitrogen and oxygen atoms in total. The van der Waals surface area contributed by atoms with Gasteiger partial charge in [-0.1, -0.05) is 24.8 Å². The van der Waals surface area contributed by atoms with Gasteiger partial charge in [0, 0.05) is 0 Å². The second kappa shape index (κ2) is 5.31. The molecule has 0 radical (unpaired) electrons. The lowest BCUT2D eigenvalue weighted by molar-refractivity contribution is -0.161. The highest BCUT2D eigenvalue weighted by atomic mass is 16.6. The first kappa shape index (κ1) is 13.2. The van der Waals surface area contributed by atoms with Crippen LogP contribution in [0.3, 0.4) is 0 Å². The largest absolute Gasteiger partial charge is 0.482 e. The van der Waals surface area contributed by atoms with Crippen molar-refractivity contribution in [3.8, 4) is 5.75 Å². The molecular formula is C17H20O3. The van der Waals surface area contributed by atoms with Crippen LogP contribution in [-0.4, -0.2) is 18.2 Å². The average Bonchev–Trinajstić information content (AvgIpc) is 3.05. The number of ether oxygens (including phenoxy) is 2. The first-order chi connectivity index (χ1) is 9.69. The predicted octanol–water partition coefficient (Wildman–Crippen LogP) is 3.58. The Morgan fingerprint density at radius 2 is 2.00 bits per heavy atom. The van der Waals surface area contributed by atoms with Crippen LogP contribution in [0.1, 0.15) is 37.7 Å². The van der Waals surface area contributed by atoms with Gasteiger partial charge in [0.1, 0.15) is 11.4 Å². The van der Waals surface area contributed by atoms with E-state index in [4.69, 9.17) is 9.47 Å². The first-order valence-corrected chi connectivity index (χ1v) is 7.26. The predicted molar refractivity (Wildman–Crippen MR) is 77.4 cm³/mol. The molecule has 0 spiro atoms. The van der Waals surface area contributed by atoms with Crippen molar-refractivity contribution in [1.82, 2.24) is 0 Å². The van der Waals surface area contributed by atoms with Gasteiger partial charge in [0.25, 0.3) is 0 Å². The number of esters is 1. The van der Waals surface area contributed by atoms with Crippen LogP contribution in [0.4, 0.5) is 0 Å². The van der Waals surface area contributed by atoms with E-state index in [9.17, 15) is 4.79 Å².